The minimum Gasteiger partial charge on any atom is -0.369 e. The lowest BCUT2D eigenvalue weighted by molar-refractivity contribution is -0.385. The number of rotatable bonds is 3. The maximum atomic E-state index is 12.6. The molecule has 0 aliphatic carbocycles. The number of carbonyl (C=O) groups excluding carboxylic acids is 2. The summed E-state index contributed by atoms with van der Waals surface area (Å²) in [5.74, 6) is -1.23. The van der Waals surface area contributed by atoms with Crippen molar-refractivity contribution in [2.75, 3.05) is 13.1 Å². The molecule has 7 heteroatoms. The van der Waals surface area contributed by atoms with E-state index < -0.39 is 16.7 Å². The van der Waals surface area contributed by atoms with Gasteiger partial charge < -0.3 is 10.6 Å². The lowest BCUT2D eigenvalue weighted by Gasteiger charge is -2.31. The Bertz CT molecular complexity index is 600. The molecule has 0 saturated carbocycles. The predicted molar refractivity (Wildman–Crippen MR) is 75.7 cm³/mol. The first kappa shape index (κ1) is 15.0. The van der Waals surface area contributed by atoms with Crippen LogP contribution in [0, 0.1) is 23.0 Å². The third kappa shape index (κ3) is 3.01. The lowest BCUT2D eigenvalue weighted by atomic mass is 9.96. The first-order chi connectivity index (χ1) is 9.91. The van der Waals surface area contributed by atoms with Crippen molar-refractivity contribution in [2.24, 2.45) is 11.7 Å². The van der Waals surface area contributed by atoms with Crippen LogP contribution in [-0.2, 0) is 4.79 Å². The number of aryl methyl sites for hydroxylation is 1. The van der Waals surface area contributed by atoms with E-state index in [9.17, 15) is 19.7 Å². The van der Waals surface area contributed by atoms with Crippen LogP contribution < -0.4 is 5.73 Å². The number of benzene rings is 1. The van der Waals surface area contributed by atoms with Gasteiger partial charge in [0.25, 0.3) is 11.6 Å². The Morgan fingerprint density at radius 3 is 2.76 bits per heavy atom. The molecule has 1 aromatic rings. The molecule has 0 aromatic heterocycles. The Kier molecular flexibility index (Phi) is 4.21. The fourth-order valence-corrected chi connectivity index (χ4v) is 2.63. The molecule has 0 bridgehead atoms. The number of hydrogen-bond donors (Lipinski definition) is 1. The van der Waals surface area contributed by atoms with Crippen LogP contribution in [0.2, 0.25) is 0 Å². The van der Waals surface area contributed by atoms with Gasteiger partial charge in [0.2, 0.25) is 5.91 Å². The summed E-state index contributed by atoms with van der Waals surface area (Å²) in [6.07, 6.45) is 1.31. The molecule has 2 rings (SSSR count). The van der Waals surface area contributed by atoms with Crippen molar-refractivity contribution >= 4 is 17.5 Å². The van der Waals surface area contributed by atoms with Gasteiger partial charge in [-0.2, -0.15) is 0 Å². The highest BCUT2D eigenvalue weighted by Gasteiger charge is 2.31. The molecule has 0 radical (unpaired) electrons. The van der Waals surface area contributed by atoms with Crippen molar-refractivity contribution in [1.29, 1.82) is 0 Å². The fourth-order valence-electron chi connectivity index (χ4n) is 2.63. The van der Waals surface area contributed by atoms with E-state index in [1.54, 1.807) is 19.1 Å². The van der Waals surface area contributed by atoms with Crippen molar-refractivity contribution in [2.45, 2.75) is 19.8 Å². The number of amides is 2. The topological polar surface area (TPSA) is 107 Å². The van der Waals surface area contributed by atoms with Gasteiger partial charge in [0.1, 0.15) is 5.56 Å². The molecule has 1 heterocycles. The molecule has 1 unspecified atom stereocenters. The normalized spacial score (nSPS) is 18.3. The second-order valence-electron chi connectivity index (χ2n) is 5.22. The zero-order valence-corrected chi connectivity index (χ0v) is 11.7. The average Bonchev–Trinajstić information content (AvgIpc) is 2.46. The van der Waals surface area contributed by atoms with Gasteiger partial charge in [0.05, 0.1) is 10.8 Å². The summed E-state index contributed by atoms with van der Waals surface area (Å²) in [6, 6.07) is 4.53. The summed E-state index contributed by atoms with van der Waals surface area (Å²) in [5.41, 5.74) is 5.73. The second-order valence-corrected chi connectivity index (χ2v) is 5.22. The van der Waals surface area contributed by atoms with Crippen LogP contribution >= 0.6 is 0 Å². The molecular formula is C14H17N3O4. The van der Waals surface area contributed by atoms with E-state index in [2.05, 4.69) is 0 Å². The van der Waals surface area contributed by atoms with Crippen LogP contribution in [-0.4, -0.2) is 34.7 Å². The van der Waals surface area contributed by atoms with E-state index in [-0.39, 0.29) is 23.7 Å². The van der Waals surface area contributed by atoms with Crippen LogP contribution in [0.5, 0.6) is 0 Å². The molecular weight excluding hydrogens is 274 g/mol. The van der Waals surface area contributed by atoms with E-state index in [1.165, 1.54) is 11.0 Å². The quantitative estimate of drug-likeness (QED) is 0.667. The van der Waals surface area contributed by atoms with Crippen LogP contribution in [0.15, 0.2) is 18.2 Å². The molecule has 2 N–H and O–H groups in total. The van der Waals surface area contributed by atoms with E-state index in [0.29, 0.717) is 24.9 Å². The number of nitro benzene ring substituents is 1. The number of carbonyl (C=O) groups is 2. The van der Waals surface area contributed by atoms with Gasteiger partial charge in [0.15, 0.2) is 0 Å². The van der Waals surface area contributed by atoms with Gasteiger partial charge in [-0.1, -0.05) is 12.1 Å². The summed E-state index contributed by atoms with van der Waals surface area (Å²) in [6.45, 7) is 2.36. The Morgan fingerprint density at radius 2 is 2.14 bits per heavy atom. The molecule has 1 atom stereocenters. The Hall–Kier alpha value is -2.44. The van der Waals surface area contributed by atoms with Crippen LogP contribution in [0.3, 0.4) is 0 Å². The van der Waals surface area contributed by atoms with E-state index in [0.717, 1.165) is 0 Å². The van der Waals surface area contributed by atoms with Gasteiger partial charge in [-0.3, -0.25) is 19.7 Å². The second kappa shape index (κ2) is 5.90. The van der Waals surface area contributed by atoms with Gasteiger partial charge in [-0.25, -0.2) is 0 Å². The standard InChI is InChI=1S/C14H17N3O4/c1-9-4-2-6-11(17(20)21)12(9)14(19)16-7-3-5-10(8-16)13(15)18/h2,4,6,10H,3,5,7-8H2,1H3,(H2,15,18). The molecule has 7 nitrogen and oxygen atoms in total. The van der Waals surface area contributed by atoms with Crippen molar-refractivity contribution in [3.63, 3.8) is 0 Å². The third-order valence-electron chi connectivity index (χ3n) is 3.77. The van der Waals surface area contributed by atoms with E-state index in [4.69, 9.17) is 5.73 Å². The molecule has 21 heavy (non-hydrogen) atoms. The highest BCUT2D eigenvalue weighted by molar-refractivity contribution is 5.99. The summed E-state index contributed by atoms with van der Waals surface area (Å²) < 4.78 is 0. The monoisotopic (exact) mass is 291 g/mol. The predicted octanol–water partition coefficient (Wildman–Crippen LogP) is 1.24. The minimum absolute atomic E-state index is 0.0904. The molecule has 2 amide bonds. The number of hydrogen-bond acceptors (Lipinski definition) is 4. The molecule has 1 aliphatic rings. The van der Waals surface area contributed by atoms with Crippen molar-refractivity contribution in [1.82, 2.24) is 4.90 Å². The smallest absolute Gasteiger partial charge is 0.282 e. The fraction of sp³-hybridized carbons (Fsp3) is 0.429. The molecule has 1 fully saturated rings. The number of primary amides is 1. The average molecular weight is 291 g/mol. The third-order valence-corrected chi connectivity index (χ3v) is 3.77. The number of nitro groups is 1. The Balaban J connectivity index is 2.32. The maximum Gasteiger partial charge on any atom is 0.282 e. The minimum atomic E-state index is -0.560. The van der Waals surface area contributed by atoms with Gasteiger partial charge in [-0.05, 0) is 25.3 Å². The van der Waals surface area contributed by atoms with Crippen LogP contribution in [0.4, 0.5) is 5.69 Å². The van der Waals surface area contributed by atoms with Crippen molar-refractivity contribution in [3.05, 3.63) is 39.4 Å². The molecule has 1 aromatic carbocycles. The summed E-state index contributed by atoms with van der Waals surface area (Å²) in [5, 5.41) is 11.1. The van der Waals surface area contributed by atoms with Gasteiger partial charge in [0, 0.05) is 19.2 Å². The zero-order valence-electron chi connectivity index (χ0n) is 11.7. The van der Waals surface area contributed by atoms with Gasteiger partial charge >= 0.3 is 0 Å². The number of nitrogens with two attached hydrogens (primary N) is 1. The summed E-state index contributed by atoms with van der Waals surface area (Å²) in [4.78, 5) is 35.9. The van der Waals surface area contributed by atoms with Crippen LogP contribution in [0.1, 0.15) is 28.8 Å². The molecule has 112 valence electrons. The van der Waals surface area contributed by atoms with Crippen LogP contribution in [0.25, 0.3) is 0 Å². The SMILES string of the molecule is Cc1cccc([N+](=O)[O-])c1C(=O)N1CCCC(C(N)=O)C1. The highest BCUT2D eigenvalue weighted by Crippen LogP contribution is 2.26. The Labute approximate surface area is 121 Å². The summed E-state index contributed by atoms with van der Waals surface area (Å²) >= 11 is 0. The highest BCUT2D eigenvalue weighted by atomic mass is 16.6. The molecule has 1 saturated heterocycles. The first-order valence-electron chi connectivity index (χ1n) is 6.74. The zero-order chi connectivity index (χ0) is 15.6. The Morgan fingerprint density at radius 1 is 1.43 bits per heavy atom. The number of nitrogens with zero attached hydrogens (tertiary/aromatic N) is 2. The summed E-state index contributed by atoms with van der Waals surface area (Å²) in [7, 11) is 0. The number of likely N-dealkylation sites (tertiary alicyclic amines) is 1. The number of piperidine rings is 1. The lowest BCUT2D eigenvalue weighted by Crippen LogP contribution is -2.44. The maximum absolute atomic E-state index is 12.6. The van der Waals surface area contributed by atoms with Crippen molar-refractivity contribution < 1.29 is 14.5 Å². The van der Waals surface area contributed by atoms with E-state index >= 15 is 0 Å². The molecule has 0 spiro atoms. The van der Waals surface area contributed by atoms with Crippen molar-refractivity contribution in [3.8, 4) is 0 Å². The van der Waals surface area contributed by atoms with Gasteiger partial charge in [-0.15, -0.1) is 0 Å². The van der Waals surface area contributed by atoms with E-state index in [1.807, 2.05) is 0 Å². The first-order valence-corrected chi connectivity index (χ1v) is 6.74. The largest absolute Gasteiger partial charge is 0.369 e. The molecule has 1 aliphatic heterocycles.